The molecule has 0 N–H and O–H groups in total. The number of hydrogen-bond acceptors (Lipinski definition) is 4. The van der Waals surface area contributed by atoms with Crippen LogP contribution in [-0.4, -0.2) is 12.1 Å². The van der Waals surface area contributed by atoms with E-state index in [1.165, 1.54) is 22.7 Å². The second-order valence-electron chi connectivity index (χ2n) is 2.67. The first-order valence-electron chi connectivity index (χ1n) is 3.69. The van der Waals surface area contributed by atoms with E-state index < -0.39 is 0 Å². The molecule has 0 aliphatic rings. The zero-order chi connectivity index (χ0) is 9.42. The highest BCUT2D eigenvalue weighted by atomic mass is 32.2. The number of Topliss-reactive ketones (excluding diaryl/α,β-unsaturated/α-hetero) is 1. The van der Waals surface area contributed by atoms with Crippen LogP contribution in [0.25, 0.3) is 9.40 Å². The first-order valence-corrected chi connectivity index (χ1v) is 5.39. The first-order chi connectivity index (χ1) is 6.22. The number of carbonyl (C=O) groups is 2. The van der Waals surface area contributed by atoms with Gasteiger partial charge in [-0.1, -0.05) is 0 Å². The van der Waals surface area contributed by atoms with Gasteiger partial charge in [0.15, 0.2) is 12.1 Å². The van der Waals surface area contributed by atoms with E-state index in [0.29, 0.717) is 4.88 Å². The standard InChI is InChI=1S/C9H6O2S2/c1-5(11)8-4-12-9-7(8)2-6(3-10)13-9/h2-4H,1H3. The summed E-state index contributed by atoms with van der Waals surface area (Å²) in [6.07, 6.45) is 0.821. The summed E-state index contributed by atoms with van der Waals surface area (Å²) < 4.78 is 1.05. The molecule has 0 amide bonds. The van der Waals surface area contributed by atoms with Crippen LogP contribution in [0, 0.1) is 0 Å². The molecule has 13 heavy (non-hydrogen) atoms. The molecule has 0 fully saturated rings. The number of carbonyl (C=O) groups excluding carboxylic acids is 2. The maximum Gasteiger partial charge on any atom is 0.161 e. The molecule has 0 spiro atoms. The largest absolute Gasteiger partial charge is 0.297 e. The molecule has 0 atom stereocenters. The Bertz CT molecular complexity index is 479. The van der Waals surface area contributed by atoms with Crippen molar-refractivity contribution in [2.45, 2.75) is 6.92 Å². The topological polar surface area (TPSA) is 34.1 Å². The second-order valence-corrected chi connectivity index (χ2v) is 4.90. The number of hydrogen-bond donors (Lipinski definition) is 0. The minimum atomic E-state index is 0.0569. The van der Waals surface area contributed by atoms with Crippen LogP contribution < -0.4 is 0 Å². The smallest absolute Gasteiger partial charge is 0.161 e. The molecule has 0 radical (unpaired) electrons. The summed E-state index contributed by atoms with van der Waals surface area (Å²) in [7, 11) is 0. The number of fused-ring (bicyclic) bond motifs is 1. The third-order valence-corrected chi connectivity index (χ3v) is 3.97. The van der Waals surface area contributed by atoms with Gasteiger partial charge in [-0.25, -0.2) is 0 Å². The molecule has 2 aromatic heterocycles. The molecule has 2 aromatic rings. The van der Waals surface area contributed by atoms with Crippen molar-refractivity contribution in [2.24, 2.45) is 0 Å². The maximum absolute atomic E-state index is 11.1. The summed E-state index contributed by atoms with van der Waals surface area (Å²) in [5.74, 6) is 0.0569. The highest BCUT2D eigenvalue weighted by molar-refractivity contribution is 7.38. The Morgan fingerprint density at radius 3 is 2.92 bits per heavy atom. The Balaban J connectivity index is 2.71. The number of thiophene rings is 2. The number of aldehydes is 1. The van der Waals surface area contributed by atoms with Crippen molar-refractivity contribution >= 4 is 44.1 Å². The van der Waals surface area contributed by atoms with Crippen molar-refractivity contribution in [3.8, 4) is 0 Å². The third-order valence-electron chi connectivity index (χ3n) is 1.79. The van der Waals surface area contributed by atoms with Crippen LogP contribution >= 0.6 is 22.7 Å². The fourth-order valence-corrected chi connectivity index (χ4v) is 3.33. The predicted molar refractivity (Wildman–Crippen MR) is 55.1 cm³/mol. The molecule has 2 rings (SSSR count). The molecule has 2 nitrogen and oxygen atoms in total. The average molecular weight is 210 g/mol. The fourth-order valence-electron chi connectivity index (χ4n) is 1.17. The van der Waals surface area contributed by atoms with E-state index in [4.69, 9.17) is 0 Å². The third kappa shape index (κ3) is 1.32. The highest BCUT2D eigenvalue weighted by Gasteiger charge is 2.10. The van der Waals surface area contributed by atoms with Crippen LogP contribution in [0.1, 0.15) is 27.0 Å². The van der Waals surface area contributed by atoms with Crippen molar-refractivity contribution in [2.75, 3.05) is 0 Å². The van der Waals surface area contributed by atoms with E-state index in [-0.39, 0.29) is 5.78 Å². The molecule has 0 unspecified atom stereocenters. The fraction of sp³-hybridized carbons (Fsp3) is 0.111. The van der Waals surface area contributed by atoms with E-state index >= 15 is 0 Å². The molecule has 4 heteroatoms. The van der Waals surface area contributed by atoms with Gasteiger partial charge < -0.3 is 0 Å². The van der Waals surface area contributed by atoms with Crippen LogP contribution in [0.5, 0.6) is 0 Å². The van der Waals surface area contributed by atoms with Crippen LogP contribution in [0.3, 0.4) is 0 Å². The van der Waals surface area contributed by atoms with Gasteiger partial charge in [0, 0.05) is 16.3 Å². The zero-order valence-electron chi connectivity index (χ0n) is 6.87. The van der Waals surface area contributed by atoms with Crippen molar-refractivity contribution in [3.63, 3.8) is 0 Å². The zero-order valence-corrected chi connectivity index (χ0v) is 8.50. The molecule has 0 saturated heterocycles. The molecule has 0 aromatic carbocycles. The Kier molecular flexibility index (Phi) is 2.01. The lowest BCUT2D eigenvalue weighted by Crippen LogP contribution is -1.87. The summed E-state index contributed by atoms with van der Waals surface area (Å²) in [5, 5.41) is 2.77. The van der Waals surface area contributed by atoms with E-state index in [9.17, 15) is 9.59 Å². The van der Waals surface area contributed by atoms with E-state index in [2.05, 4.69) is 0 Å². The average Bonchev–Trinajstić information content (AvgIpc) is 2.59. The second kappa shape index (κ2) is 3.05. The van der Waals surface area contributed by atoms with E-state index in [0.717, 1.165) is 21.2 Å². The van der Waals surface area contributed by atoms with Gasteiger partial charge in [0.05, 0.1) is 8.89 Å². The monoisotopic (exact) mass is 210 g/mol. The van der Waals surface area contributed by atoms with Gasteiger partial charge in [0.25, 0.3) is 0 Å². The van der Waals surface area contributed by atoms with Gasteiger partial charge in [-0.3, -0.25) is 9.59 Å². The van der Waals surface area contributed by atoms with Gasteiger partial charge >= 0.3 is 0 Å². The van der Waals surface area contributed by atoms with Gasteiger partial charge in [-0.2, -0.15) is 0 Å². The SMILES string of the molecule is CC(=O)c1csc2sc(C=O)cc12. The summed E-state index contributed by atoms with van der Waals surface area (Å²) >= 11 is 2.95. The Morgan fingerprint density at radius 1 is 1.54 bits per heavy atom. The van der Waals surface area contributed by atoms with E-state index in [1.807, 2.05) is 5.38 Å². The highest BCUT2D eigenvalue weighted by Crippen LogP contribution is 2.33. The summed E-state index contributed by atoms with van der Waals surface area (Å²) in [5.41, 5.74) is 0.726. The molecule has 0 aliphatic carbocycles. The number of rotatable bonds is 2. The van der Waals surface area contributed by atoms with Crippen molar-refractivity contribution in [1.82, 2.24) is 0 Å². The van der Waals surface area contributed by atoms with Crippen molar-refractivity contribution < 1.29 is 9.59 Å². The normalized spacial score (nSPS) is 10.5. The molecule has 0 bridgehead atoms. The van der Waals surface area contributed by atoms with Crippen molar-refractivity contribution in [1.29, 1.82) is 0 Å². The van der Waals surface area contributed by atoms with E-state index in [1.54, 1.807) is 13.0 Å². The van der Waals surface area contributed by atoms with Crippen molar-refractivity contribution in [3.05, 3.63) is 21.9 Å². The first kappa shape index (κ1) is 8.59. The molecular weight excluding hydrogens is 204 g/mol. The molecular formula is C9H6O2S2. The van der Waals surface area contributed by atoms with Crippen LogP contribution in [-0.2, 0) is 0 Å². The lowest BCUT2D eigenvalue weighted by Gasteiger charge is -1.85. The summed E-state index contributed by atoms with van der Waals surface area (Å²) in [6.45, 7) is 1.54. The van der Waals surface area contributed by atoms with Gasteiger partial charge in [0.2, 0.25) is 0 Å². The minimum Gasteiger partial charge on any atom is -0.297 e. The van der Waals surface area contributed by atoms with Gasteiger partial charge in [-0.05, 0) is 13.0 Å². The van der Waals surface area contributed by atoms with Crippen LogP contribution in [0.4, 0.5) is 0 Å². The summed E-state index contributed by atoms with van der Waals surface area (Å²) in [4.78, 5) is 22.3. The Hall–Kier alpha value is -1.00. The molecule has 0 aliphatic heterocycles. The lowest BCUT2D eigenvalue weighted by molar-refractivity contribution is 0.101. The Labute approximate surface area is 82.8 Å². The minimum absolute atomic E-state index is 0.0569. The Morgan fingerprint density at radius 2 is 2.31 bits per heavy atom. The van der Waals surface area contributed by atoms with Crippen LogP contribution in [0.15, 0.2) is 11.4 Å². The van der Waals surface area contributed by atoms with Crippen LogP contribution in [0.2, 0.25) is 0 Å². The molecule has 2 heterocycles. The molecule has 66 valence electrons. The predicted octanol–water partition coefficient (Wildman–Crippen LogP) is 2.98. The maximum atomic E-state index is 11.1. The lowest BCUT2D eigenvalue weighted by atomic mass is 10.2. The molecule has 0 saturated carbocycles. The number of ketones is 1. The summed E-state index contributed by atoms with van der Waals surface area (Å²) in [6, 6.07) is 1.78. The van der Waals surface area contributed by atoms with Gasteiger partial charge in [0.1, 0.15) is 0 Å². The van der Waals surface area contributed by atoms with Gasteiger partial charge in [-0.15, -0.1) is 22.7 Å². The quantitative estimate of drug-likeness (QED) is 0.564.